The van der Waals surface area contributed by atoms with Gasteiger partial charge in [-0.15, -0.1) is 0 Å². The quantitative estimate of drug-likeness (QED) is 0.784. The second-order valence-corrected chi connectivity index (χ2v) is 6.16. The number of aryl methyl sites for hydroxylation is 1. The Kier molecular flexibility index (Phi) is 5.78. The van der Waals surface area contributed by atoms with E-state index in [1.165, 1.54) is 0 Å². The van der Waals surface area contributed by atoms with E-state index in [9.17, 15) is 4.39 Å². The molecule has 134 valence electrons. The molecule has 7 heteroatoms. The summed E-state index contributed by atoms with van der Waals surface area (Å²) in [6.07, 6.45) is 2.49. The predicted molar refractivity (Wildman–Crippen MR) is 91.7 cm³/mol. The van der Waals surface area contributed by atoms with Crippen LogP contribution in [0.1, 0.15) is 24.6 Å². The first-order valence-electron chi connectivity index (χ1n) is 8.46. The summed E-state index contributed by atoms with van der Waals surface area (Å²) in [7, 11) is 1.98. The van der Waals surface area contributed by atoms with Gasteiger partial charge in [0.2, 0.25) is 0 Å². The Morgan fingerprint density at radius 3 is 2.76 bits per heavy atom. The van der Waals surface area contributed by atoms with Crippen LogP contribution in [-0.2, 0) is 11.8 Å². The molecule has 1 fully saturated rings. The van der Waals surface area contributed by atoms with Crippen LogP contribution >= 0.6 is 0 Å². The maximum absolute atomic E-state index is 12.5. The third-order valence-electron chi connectivity index (χ3n) is 4.40. The van der Waals surface area contributed by atoms with Crippen molar-refractivity contribution in [2.24, 2.45) is 12.8 Å². The van der Waals surface area contributed by atoms with Crippen molar-refractivity contribution in [3.63, 3.8) is 0 Å². The fraction of sp³-hybridized carbons (Fsp3) is 0.444. The highest BCUT2D eigenvalue weighted by atomic mass is 19.1. The van der Waals surface area contributed by atoms with Crippen LogP contribution in [-0.4, -0.2) is 36.4 Å². The molecule has 0 aliphatic carbocycles. The second-order valence-electron chi connectivity index (χ2n) is 6.16. The Hall–Kier alpha value is -2.25. The van der Waals surface area contributed by atoms with E-state index in [1.54, 1.807) is 0 Å². The molecule has 3 rings (SSSR count). The Bertz CT molecular complexity index is 721. The van der Waals surface area contributed by atoms with Crippen molar-refractivity contribution in [3.05, 3.63) is 42.0 Å². The van der Waals surface area contributed by atoms with Crippen LogP contribution in [0.25, 0.3) is 11.4 Å². The maximum atomic E-state index is 12.5. The van der Waals surface area contributed by atoms with Crippen LogP contribution < -0.4 is 15.2 Å². The fourth-order valence-electron chi connectivity index (χ4n) is 2.90. The van der Waals surface area contributed by atoms with Gasteiger partial charge >= 0.3 is 5.82 Å². The van der Waals surface area contributed by atoms with Crippen LogP contribution in [0, 0.1) is 0 Å². The third kappa shape index (κ3) is 4.24. The molecule has 1 saturated heterocycles. The normalized spacial score (nSPS) is 16.2. The summed E-state index contributed by atoms with van der Waals surface area (Å²) in [4.78, 5) is 4.77. The first kappa shape index (κ1) is 17.6. The average molecular weight is 347 g/mol. The van der Waals surface area contributed by atoms with E-state index in [0.717, 1.165) is 43.3 Å². The lowest BCUT2D eigenvalue weighted by Gasteiger charge is -2.16. The number of hydrogen-bond donors (Lipinski definition) is 2. The summed E-state index contributed by atoms with van der Waals surface area (Å²) in [6.45, 7) is 1.87. The number of benzene rings is 1. The number of hydrogen-bond acceptors (Lipinski definition) is 4. The molecule has 0 unspecified atom stereocenters. The first-order valence-corrected chi connectivity index (χ1v) is 8.46. The number of halogens is 1. The van der Waals surface area contributed by atoms with Crippen LogP contribution in [0.5, 0.6) is 5.75 Å². The Balaban J connectivity index is 1.70. The van der Waals surface area contributed by atoms with Crippen LogP contribution in [0.2, 0.25) is 0 Å². The molecule has 2 aromatic rings. The lowest BCUT2D eigenvalue weighted by molar-refractivity contribution is -0.735. The molecule has 6 nitrogen and oxygen atoms in total. The minimum absolute atomic E-state index is 0.145. The summed E-state index contributed by atoms with van der Waals surface area (Å²) < 4.78 is 25.4. The fourth-order valence-corrected chi connectivity index (χ4v) is 2.90. The van der Waals surface area contributed by atoms with Crippen LogP contribution in [0.4, 0.5) is 4.39 Å². The lowest BCUT2D eigenvalue weighted by Crippen LogP contribution is -2.37. The highest BCUT2D eigenvalue weighted by Gasteiger charge is 2.29. The smallest absolute Gasteiger partial charge is 0.322 e. The molecule has 0 radical (unpaired) electrons. The van der Waals surface area contributed by atoms with Gasteiger partial charge in [0.15, 0.2) is 0 Å². The highest BCUT2D eigenvalue weighted by Crippen LogP contribution is 2.25. The maximum Gasteiger partial charge on any atom is 0.322 e. The minimum Gasteiger partial charge on any atom is -0.489 e. The zero-order valence-electron chi connectivity index (χ0n) is 14.4. The Morgan fingerprint density at radius 2 is 2.12 bits per heavy atom. The second kappa shape index (κ2) is 8.22. The number of H-pyrrole nitrogens is 1. The number of aromatic nitrogens is 3. The van der Waals surface area contributed by atoms with E-state index in [1.807, 2.05) is 36.0 Å². The van der Waals surface area contributed by atoms with Crippen molar-refractivity contribution in [2.75, 3.05) is 26.4 Å². The van der Waals surface area contributed by atoms with Crippen molar-refractivity contribution in [1.29, 1.82) is 0 Å². The van der Waals surface area contributed by atoms with Gasteiger partial charge in [0.25, 0.3) is 5.82 Å². The summed E-state index contributed by atoms with van der Waals surface area (Å²) in [6, 6.07) is 7.56. The SMILES string of the molecule is C[n+]1[nH]c(-c2ccc(OC/C(=C/F)CN)cc2)nc1C1CCOCC1. The largest absolute Gasteiger partial charge is 0.489 e. The number of aromatic amines is 1. The first-order chi connectivity index (χ1) is 12.2. The van der Waals surface area contributed by atoms with Gasteiger partial charge < -0.3 is 15.2 Å². The standard InChI is InChI=1S/C18H23FN4O2/c1-23-18(15-6-8-24-9-7-15)21-17(22-23)14-2-4-16(5-3-14)25-12-13(10-19)11-20/h2-5,10,15H,6-9,11-12,20H2,1H3/p+1/b13-10+. The Labute approximate surface area is 146 Å². The average Bonchev–Trinajstić information content (AvgIpc) is 3.05. The number of nitrogens with two attached hydrogens (primary N) is 1. The molecule has 0 saturated carbocycles. The molecule has 0 atom stereocenters. The van der Waals surface area contributed by atoms with Crippen LogP contribution in [0.3, 0.4) is 0 Å². The monoisotopic (exact) mass is 347 g/mol. The molecule has 0 amide bonds. The van der Waals surface area contributed by atoms with E-state index >= 15 is 0 Å². The number of nitrogens with zero attached hydrogens (tertiary/aromatic N) is 2. The molecule has 1 aromatic heterocycles. The van der Waals surface area contributed by atoms with Gasteiger partial charge in [-0.2, -0.15) is 9.78 Å². The molecule has 1 aliphatic heterocycles. The molecule has 1 aliphatic rings. The van der Waals surface area contributed by atoms with Gasteiger partial charge in [-0.1, -0.05) is 0 Å². The molecule has 0 bridgehead atoms. The predicted octanol–water partition coefficient (Wildman–Crippen LogP) is 1.99. The van der Waals surface area contributed by atoms with E-state index in [4.69, 9.17) is 20.2 Å². The Morgan fingerprint density at radius 1 is 1.40 bits per heavy atom. The molecule has 2 heterocycles. The summed E-state index contributed by atoms with van der Waals surface area (Å²) in [5, 5.41) is 3.29. The van der Waals surface area contributed by atoms with Crippen molar-refractivity contribution < 1.29 is 18.5 Å². The highest BCUT2D eigenvalue weighted by molar-refractivity contribution is 5.55. The number of rotatable bonds is 6. The van der Waals surface area contributed by atoms with Gasteiger partial charge in [0, 0.05) is 30.9 Å². The minimum atomic E-state index is 0.145. The molecule has 25 heavy (non-hydrogen) atoms. The van der Waals surface area contributed by atoms with Crippen LogP contribution in [0.15, 0.2) is 36.2 Å². The van der Waals surface area contributed by atoms with E-state index in [0.29, 0.717) is 23.6 Å². The van der Waals surface area contributed by atoms with E-state index in [2.05, 4.69) is 5.10 Å². The topological polar surface area (TPSA) is 77.0 Å². The number of ether oxygens (including phenoxy) is 2. The lowest BCUT2D eigenvalue weighted by atomic mass is 9.99. The van der Waals surface area contributed by atoms with Gasteiger partial charge in [-0.05, 0) is 42.1 Å². The van der Waals surface area contributed by atoms with Gasteiger partial charge in [-0.25, -0.2) is 4.39 Å². The molecule has 1 aromatic carbocycles. The van der Waals surface area contributed by atoms with Gasteiger partial charge in [0.1, 0.15) is 19.4 Å². The van der Waals surface area contributed by atoms with E-state index < -0.39 is 0 Å². The van der Waals surface area contributed by atoms with Gasteiger partial charge in [0.05, 0.1) is 12.2 Å². The van der Waals surface area contributed by atoms with Gasteiger partial charge in [-0.3, -0.25) is 0 Å². The number of nitrogens with one attached hydrogen (secondary N) is 1. The van der Waals surface area contributed by atoms with Crippen molar-refractivity contribution in [2.45, 2.75) is 18.8 Å². The summed E-state index contributed by atoms with van der Waals surface area (Å²) in [5.41, 5.74) is 6.81. The zero-order valence-corrected chi connectivity index (χ0v) is 14.4. The van der Waals surface area contributed by atoms with Crippen molar-refractivity contribution in [3.8, 4) is 17.1 Å². The zero-order chi connectivity index (χ0) is 17.6. The summed E-state index contributed by atoms with van der Waals surface area (Å²) >= 11 is 0. The molecular weight excluding hydrogens is 323 g/mol. The van der Waals surface area contributed by atoms with E-state index in [-0.39, 0.29) is 13.2 Å². The molecule has 0 spiro atoms. The van der Waals surface area contributed by atoms with Crippen molar-refractivity contribution >= 4 is 0 Å². The third-order valence-corrected chi connectivity index (χ3v) is 4.40. The summed E-state index contributed by atoms with van der Waals surface area (Å²) in [5.74, 6) is 2.96. The molecule has 3 N–H and O–H groups in total. The van der Waals surface area contributed by atoms with Crippen molar-refractivity contribution in [1.82, 2.24) is 10.1 Å². The molecular formula is C18H24FN4O2+.